The summed E-state index contributed by atoms with van der Waals surface area (Å²) in [7, 11) is 0. The molecule has 25 heavy (non-hydrogen) atoms. The highest BCUT2D eigenvalue weighted by molar-refractivity contribution is 7.96. The molecule has 5 heteroatoms. The Morgan fingerprint density at radius 2 is 2.16 bits per heavy atom. The molecule has 0 aromatic heterocycles. The Labute approximate surface area is 154 Å². The van der Waals surface area contributed by atoms with Crippen molar-refractivity contribution < 1.29 is 19.1 Å². The highest BCUT2D eigenvalue weighted by Crippen LogP contribution is 2.57. The number of halogens is 1. The van der Waals surface area contributed by atoms with Crippen molar-refractivity contribution in [3.63, 3.8) is 0 Å². The summed E-state index contributed by atoms with van der Waals surface area (Å²) in [5, 5.41) is 9.87. The number of fused-ring (bicyclic) bond motifs is 1. The lowest BCUT2D eigenvalue weighted by molar-refractivity contribution is -0.119. The highest BCUT2D eigenvalue weighted by atomic mass is 32.1. The van der Waals surface area contributed by atoms with Crippen molar-refractivity contribution in [3.8, 4) is 0 Å². The van der Waals surface area contributed by atoms with E-state index in [-0.39, 0.29) is 40.0 Å². The van der Waals surface area contributed by atoms with Crippen LogP contribution in [-0.4, -0.2) is 28.3 Å². The number of thiol groups is 1. The van der Waals surface area contributed by atoms with Gasteiger partial charge in [0.1, 0.15) is 6.17 Å². The number of aliphatic hydroxyl groups is 1. The van der Waals surface area contributed by atoms with Crippen molar-refractivity contribution in [2.45, 2.75) is 58.2 Å². The molecule has 0 radical (unpaired) electrons. The predicted molar refractivity (Wildman–Crippen MR) is 98.0 cm³/mol. The number of carbonyl (C=O) groups is 2. The largest absolute Gasteiger partial charge is 0.393 e. The second kappa shape index (κ2) is 6.99. The van der Waals surface area contributed by atoms with Crippen LogP contribution in [0.15, 0.2) is 23.8 Å². The lowest BCUT2D eigenvalue weighted by atomic mass is 9.61. The van der Waals surface area contributed by atoms with Crippen LogP contribution in [0.4, 0.5) is 4.39 Å². The third kappa shape index (κ3) is 3.50. The summed E-state index contributed by atoms with van der Waals surface area (Å²) in [5.74, 6) is 0.000250. The summed E-state index contributed by atoms with van der Waals surface area (Å²) in [5.41, 5.74) is 0.257. The predicted octanol–water partition coefficient (Wildman–Crippen LogP) is 3.68. The summed E-state index contributed by atoms with van der Waals surface area (Å²) in [6.07, 6.45) is 6.58. The van der Waals surface area contributed by atoms with E-state index in [2.05, 4.69) is 19.6 Å². The minimum absolute atomic E-state index is 0.0204. The quantitative estimate of drug-likeness (QED) is 0.747. The Balaban J connectivity index is 1.85. The monoisotopic (exact) mass is 366 g/mol. The molecule has 6 unspecified atom stereocenters. The number of alkyl halides is 1. The van der Waals surface area contributed by atoms with Gasteiger partial charge in [-0.1, -0.05) is 13.0 Å². The summed E-state index contributed by atoms with van der Waals surface area (Å²) in [4.78, 5) is 23.6. The molecule has 0 aromatic carbocycles. The maximum atomic E-state index is 14.8. The van der Waals surface area contributed by atoms with E-state index >= 15 is 0 Å². The van der Waals surface area contributed by atoms with E-state index in [1.165, 1.54) is 12.2 Å². The molecule has 3 aliphatic carbocycles. The third-order valence-corrected chi connectivity index (χ3v) is 6.98. The molecule has 0 amide bonds. The number of ketones is 1. The van der Waals surface area contributed by atoms with Crippen molar-refractivity contribution in [3.05, 3.63) is 23.8 Å². The first-order chi connectivity index (χ1) is 11.7. The van der Waals surface area contributed by atoms with Gasteiger partial charge >= 0.3 is 0 Å². The molecule has 0 saturated heterocycles. The topological polar surface area (TPSA) is 54.4 Å². The van der Waals surface area contributed by atoms with Crippen molar-refractivity contribution in [2.75, 3.05) is 0 Å². The van der Waals surface area contributed by atoms with Crippen LogP contribution in [0.5, 0.6) is 0 Å². The van der Waals surface area contributed by atoms with Crippen molar-refractivity contribution in [2.24, 2.45) is 29.1 Å². The molecule has 3 nitrogen and oxygen atoms in total. The number of hydrogen-bond acceptors (Lipinski definition) is 3. The lowest BCUT2D eigenvalue weighted by Gasteiger charge is -2.44. The van der Waals surface area contributed by atoms with E-state index in [0.29, 0.717) is 18.4 Å². The molecule has 3 aliphatic rings. The van der Waals surface area contributed by atoms with Gasteiger partial charge < -0.3 is 5.11 Å². The Kier molecular flexibility index (Phi) is 5.27. The summed E-state index contributed by atoms with van der Waals surface area (Å²) < 4.78 is 14.8. The van der Waals surface area contributed by atoms with Gasteiger partial charge in [0.25, 0.3) is 0 Å². The van der Waals surface area contributed by atoms with E-state index < -0.39 is 12.3 Å². The molecular formula is C20H27FO3S. The molecule has 0 bridgehead atoms. The highest BCUT2D eigenvalue weighted by Gasteiger charge is 2.53. The number of aliphatic hydroxyl groups excluding tert-OH is 1. The zero-order valence-corrected chi connectivity index (χ0v) is 15.7. The molecule has 0 aliphatic heterocycles. The maximum absolute atomic E-state index is 14.8. The Bertz CT molecular complexity index is 626. The zero-order chi connectivity index (χ0) is 18.4. The SMILES string of the molecule is CC(O)CC1(C)C(C(=O)S)CCC1C1CC2C=CC(=O)C=C2[C@@H](F)C1. The minimum Gasteiger partial charge on any atom is -0.393 e. The lowest BCUT2D eigenvalue weighted by Crippen LogP contribution is -2.41. The number of hydrogen-bond donors (Lipinski definition) is 2. The van der Waals surface area contributed by atoms with Crippen LogP contribution in [0.3, 0.4) is 0 Å². The first-order valence-electron chi connectivity index (χ1n) is 9.21. The molecule has 2 fully saturated rings. The summed E-state index contributed by atoms with van der Waals surface area (Å²) in [6, 6.07) is 0. The van der Waals surface area contributed by atoms with Crippen LogP contribution in [0, 0.1) is 29.1 Å². The van der Waals surface area contributed by atoms with Crippen LogP contribution >= 0.6 is 12.6 Å². The first kappa shape index (κ1) is 18.8. The smallest absolute Gasteiger partial charge is 0.189 e. The normalized spacial score (nSPS) is 42.0. The van der Waals surface area contributed by atoms with Crippen molar-refractivity contribution in [1.29, 1.82) is 0 Å². The van der Waals surface area contributed by atoms with Gasteiger partial charge in [0.15, 0.2) is 10.9 Å². The van der Waals surface area contributed by atoms with E-state index in [4.69, 9.17) is 0 Å². The van der Waals surface area contributed by atoms with Crippen LogP contribution in [0.1, 0.15) is 46.0 Å². The number of rotatable bonds is 4. The van der Waals surface area contributed by atoms with E-state index in [0.717, 1.165) is 19.3 Å². The molecule has 0 heterocycles. The Morgan fingerprint density at radius 3 is 2.80 bits per heavy atom. The molecule has 0 spiro atoms. The van der Waals surface area contributed by atoms with Gasteiger partial charge in [-0.05, 0) is 74.0 Å². The molecular weight excluding hydrogens is 339 g/mol. The molecule has 0 aromatic rings. The molecule has 3 rings (SSSR count). The van der Waals surface area contributed by atoms with Gasteiger partial charge in [-0.3, -0.25) is 9.59 Å². The van der Waals surface area contributed by atoms with Crippen LogP contribution in [0.25, 0.3) is 0 Å². The number of carbonyl (C=O) groups excluding carboxylic acids is 2. The molecule has 7 atom stereocenters. The van der Waals surface area contributed by atoms with Crippen LogP contribution < -0.4 is 0 Å². The van der Waals surface area contributed by atoms with Gasteiger partial charge in [-0.2, -0.15) is 0 Å². The van der Waals surface area contributed by atoms with Gasteiger partial charge in [-0.15, -0.1) is 12.6 Å². The molecule has 1 N–H and O–H groups in total. The van der Waals surface area contributed by atoms with Crippen LogP contribution in [-0.2, 0) is 9.59 Å². The fourth-order valence-electron chi connectivity index (χ4n) is 5.71. The fourth-order valence-corrected chi connectivity index (χ4v) is 6.13. The summed E-state index contributed by atoms with van der Waals surface area (Å²) in [6.45, 7) is 3.81. The molecule has 2 saturated carbocycles. The minimum atomic E-state index is -1.10. The number of allylic oxidation sites excluding steroid dienone is 4. The molecule has 138 valence electrons. The zero-order valence-electron chi connectivity index (χ0n) is 14.8. The van der Waals surface area contributed by atoms with Gasteiger partial charge in [-0.25, -0.2) is 4.39 Å². The van der Waals surface area contributed by atoms with E-state index in [1.807, 2.05) is 6.08 Å². The van der Waals surface area contributed by atoms with Crippen molar-refractivity contribution in [1.82, 2.24) is 0 Å². The Hall–Kier alpha value is -0.940. The third-order valence-electron chi connectivity index (χ3n) is 6.67. The Morgan fingerprint density at radius 1 is 1.44 bits per heavy atom. The fraction of sp³-hybridized carbons (Fsp3) is 0.700. The average molecular weight is 366 g/mol. The first-order valence-corrected chi connectivity index (χ1v) is 9.65. The standard InChI is InChI=1S/C20H27FO3S/c1-11(22)10-20(2)16(5-6-17(20)19(24)25)13-7-12-3-4-14(23)9-15(12)18(21)8-13/h3-4,9,11-13,16-18,22H,5-8,10H2,1-2H3,(H,24,25)/t11?,12?,13?,16?,17?,18-,20?/m0/s1. The van der Waals surface area contributed by atoms with E-state index in [1.54, 1.807) is 6.92 Å². The van der Waals surface area contributed by atoms with Crippen LogP contribution in [0.2, 0.25) is 0 Å². The average Bonchev–Trinajstić information content (AvgIpc) is 2.84. The van der Waals surface area contributed by atoms with E-state index in [9.17, 15) is 19.1 Å². The van der Waals surface area contributed by atoms with Gasteiger partial charge in [0.05, 0.1) is 6.10 Å². The van der Waals surface area contributed by atoms with Crippen molar-refractivity contribution >= 4 is 23.5 Å². The summed E-state index contributed by atoms with van der Waals surface area (Å²) >= 11 is 4.08. The van der Waals surface area contributed by atoms with Gasteiger partial charge in [0, 0.05) is 11.8 Å². The maximum Gasteiger partial charge on any atom is 0.189 e. The second-order valence-corrected chi connectivity index (χ2v) is 8.79. The second-order valence-electron chi connectivity index (χ2n) is 8.34. The van der Waals surface area contributed by atoms with Gasteiger partial charge in [0.2, 0.25) is 0 Å².